The molecule has 32 heavy (non-hydrogen) atoms. The van der Waals surface area contributed by atoms with Gasteiger partial charge in [0.15, 0.2) is 11.5 Å². The van der Waals surface area contributed by atoms with Crippen LogP contribution in [0.4, 0.5) is 18.9 Å². The standard InChI is InChI=1S/C23H26F3N3O3/c1-14(6-5-11-27)28-18-13-19(30-2)22(17-9-10-20(31-3)29-21(17)18)32-16-8-4-7-15(12-16)23(24,25)26/h4,7-10,12-14,28H,5-6,11,27H2,1-3H3. The summed E-state index contributed by atoms with van der Waals surface area (Å²) >= 11 is 0. The van der Waals surface area contributed by atoms with Crippen molar-refractivity contribution < 1.29 is 27.4 Å². The third-order valence-corrected chi connectivity index (χ3v) is 4.92. The number of benzene rings is 2. The van der Waals surface area contributed by atoms with Gasteiger partial charge in [0.25, 0.3) is 0 Å². The molecule has 9 heteroatoms. The third-order valence-electron chi connectivity index (χ3n) is 4.92. The molecule has 0 radical (unpaired) electrons. The van der Waals surface area contributed by atoms with E-state index < -0.39 is 11.7 Å². The summed E-state index contributed by atoms with van der Waals surface area (Å²) in [6.45, 7) is 2.62. The number of alkyl halides is 3. The Morgan fingerprint density at radius 1 is 1.09 bits per heavy atom. The van der Waals surface area contributed by atoms with Crippen molar-refractivity contribution in [2.45, 2.75) is 32.0 Å². The van der Waals surface area contributed by atoms with Gasteiger partial charge in [-0.3, -0.25) is 0 Å². The number of nitrogens with one attached hydrogen (secondary N) is 1. The van der Waals surface area contributed by atoms with Gasteiger partial charge in [0, 0.05) is 23.6 Å². The molecule has 172 valence electrons. The molecule has 1 aromatic heterocycles. The first-order chi connectivity index (χ1) is 15.3. The Kier molecular flexibility index (Phi) is 7.29. The number of anilines is 1. The molecule has 1 heterocycles. The molecule has 0 saturated heterocycles. The molecule has 0 aliphatic rings. The molecule has 0 amide bonds. The van der Waals surface area contributed by atoms with E-state index in [0.29, 0.717) is 34.8 Å². The van der Waals surface area contributed by atoms with E-state index in [1.807, 2.05) is 6.92 Å². The summed E-state index contributed by atoms with van der Waals surface area (Å²) in [6, 6.07) is 9.91. The zero-order valence-corrected chi connectivity index (χ0v) is 18.1. The SMILES string of the molecule is COc1ccc2c(Oc3cccc(C(F)(F)F)c3)c(OC)cc(NC(C)CCCN)c2n1. The van der Waals surface area contributed by atoms with E-state index in [9.17, 15) is 13.2 Å². The van der Waals surface area contributed by atoms with Gasteiger partial charge in [-0.25, -0.2) is 4.98 Å². The van der Waals surface area contributed by atoms with Crippen LogP contribution in [0.15, 0.2) is 42.5 Å². The number of halogens is 3. The van der Waals surface area contributed by atoms with E-state index in [0.717, 1.165) is 25.0 Å². The molecular weight excluding hydrogens is 423 g/mol. The first-order valence-corrected chi connectivity index (χ1v) is 10.1. The fourth-order valence-corrected chi connectivity index (χ4v) is 3.32. The summed E-state index contributed by atoms with van der Waals surface area (Å²) < 4.78 is 56.1. The summed E-state index contributed by atoms with van der Waals surface area (Å²) in [5.41, 5.74) is 6.05. The molecule has 0 saturated carbocycles. The van der Waals surface area contributed by atoms with Crippen molar-refractivity contribution in [2.75, 3.05) is 26.1 Å². The number of ether oxygens (including phenoxy) is 3. The highest BCUT2D eigenvalue weighted by Crippen LogP contribution is 2.43. The number of hydrogen-bond acceptors (Lipinski definition) is 6. The van der Waals surface area contributed by atoms with Gasteiger partial charge in [0.1, 0.15) is 11.3 Å². The van der Waals surface area contributed by atoms with Crippen LogP contribution >= 0.6 is 0 Å². The first kappa shape index (κ1) is 23.5. The molecule has 0 spiro atoms. The molecule has 0 aliphatic carbocycles. The molecule has 0 fully saturated rings. The number of rotatable bonds is 9. The Bertz CT molecular complexity index is 1070. The lowest BCUT2D eigenvalue weighted by Gasteiger charge is -2.20. The summed E-state index contributed by atoms with van der Waals surface area (Å²) in [6.07, 6.45) is -2.77. The van der Waals surface area contributed by atoms with Crippen molar-refractivity contribution in [1.82, 2.24) is 4.98 Å². The molecule has 3 rings (SSSR count). The maximum Gasteiger partial charge on any atom is 0.416 e. The van der Waals surface area contributed by atoms with Crippen LogP contribution < -0.4 is 25.3 Å². The number of pyridine rings is 1. The van der Waals surface area contributed by atoms with Crippen LogP contribution in [0.3, 0.4) is 0 Å². The van der Waals surface area contributed by atoms with Gasteiger partial charge >= 0.3 is 6.18 Å². The minimum absolute atomic E-state index is 0.0345. The second-order valence-electron chi connectivity index (χ2n) is 7.31. The zero-order chi connectivity index (χ0) is 23.3. The van der Waals surface area contributed by atoms with Crippen molar-refractivity contribution in [1.29, 1.82) is 0 Å². The van der Waals surface area contributed by atoms with Crippen LogP contribution in [-0.4, -0.2) is 31.8 Å². The van der Waals surface area contributed by atoms with Crippen LogP contribution in [0.2, 0.25) is 0 Å². The van der Waals surface area contributed by atoms with Gasteiger partial charge in [0.2, 0.25) is 5.88 Å². The fourth-order valence-electron chi connectivity index (χ4n) is 3.32. The Balaban J connectivity index is 2.09. The number of hydrogen-bond donors (Lipinski definition) is 2. The minimum atomic E-state index is -4.48. The highest BCUT2D eigenvalue weighted by Gasteiger charge is 2.31. The van der Waals surface area contributed by atoms with Gasteiger partial charge in [-0.1, -0.05) is 6.07 Å². The van der Waals surface area contributed by atoms with E-state index >= 15 is 0 Å². The molecular formula is C23H26F3N3O3. The molecule has 0 bridgehead atoms. The predicted octanol–water partition coefficient (Wildman–Crippen LogP) is 5.60. The topological polar surface area (TPSA) is 78.6 Å². The van der Waals surface area contributed by atoms with Gasteiger partial charge in [0.05, 0.1) is 25.5 Å². The van der Waals surface area contributed by atoms with E-state index in [1.165, 1.54) is 26.4 Å². The molecule has 1 unspecified atom stereocenters. The van der Waals surface area contributed by atoms with Crippen LogP contribution in [0.5, 0.6) is 23.1 Å². The minimum Gasteiger partial charge on any atom is -0.493 e. The first-order valence-electron chi connectivity index (χ1n) is 10.1. The number of methoxy groups -OCH3 is 2. The lowest BCUT2D eigenvalue weighted by Crippen LogP contribution is -2.17. The second-order valence-corrected chi connectivity index (χ2v) is 7.31. The van der Waals surface area contributed by atoms with E-state index in [4.69, 9.17) is 19.9 Å². The quantitative estimate of drug-likeness (QED) is 0.443. The van der Waals surface area contributed by atoms with Crippen LogP contribution in [0.1, 0.15) is 25.3 Å². The molecule has 3 N–H and O–H groups in total. The van der Waals surface area contributed by atoms with Crippen molar-refractivity contribution in [3.8, 4) is 23.1 Å². The number of fused-ring (bicyclic) bond motifs is 1. The molecule has 1 atom stereocenters. The highest BCUT2D eigenvalue weighted by atomic mass is 19.4. The monoisotopic (exact) mass is 449 g/mol. The van der Waals surface area contributed by atoms with Crippen molar-refractivity contribution >= 4 is 16.6 Å². The zero-order valence-electron chi connectivity index (χ0n) is 18.1. The summed E-state index contributed by atoms with van der Waals surface area (Å²) in [7, 11) is 2.98. The maximum absolute atomic E-state index is 13.1. The normalized spacial score (nSPS) is 12.5. The molecule has 0 aliphatic heterocycles. The molecule has 3 aromatic rings. The highest BCUT2D eigenvalue weighted by molar-refractivity contribution is 5.98. The lowest BCUT2D eigenvalue weighted by molar-refractivity contribution is -0.137. The Morgan fingerprint density at radius 3 is 2.53 bits per heavy atom. The number of nitrogens with zero attached hydrogens (tertiary/aromatic N) is 1. The van der Waals surface area contributed by atoms with Crippen LogP contribution in [0, 0.1) is 0 Å². The second kappa shape index (κ2) is 9.95. The third kappa shape index (κ3) is 5.34. The van der Waals surface area contributed by atoms with Crippen molar-refractivity contribution in [3.05, 3.63) is 48.0 Å². The van der Waals surface area contributed by atoms with Gasteiger partial charge in [-0.15, -0.1) is 0 Å². The molecule has 2 aromatic carbocycles. The number of aromatic nitrogens is 1. The summed E-state index contributed by atoms with van der Waals surface area (Å²) in [5, 5.41) is 3.97. The van der Waals surface area contributed by atoms with Gasteiger partial charge in [-0.2, -0.15) is 13.2 Å². The summed E-state index contributed by atoms with van der Waals surface area (Å²) in [4.78, 5) is 4.54. The van der Waals surface area contributed by atoms with Crippen LogP contribution in [0.25, 0.3) is 10.9 Å². The van der Waals surface area contributed by atoms with Gasteiger partial charge in [-0.05, 0) is 50.6 Å². The lowest BCUT2D eigenvalue weighted by atomic mass is 10.1. The van der Waals surface area contributed by atoms with Gasteiger partial charge < -0.3 is 25.3 Å². The average molecular weight is 449 g/mol. The van der Waals surface area contributed by atoms with E-state index in [1.54, 1.807) is 18.2 Å². The smallest absolute Gasteiger partial charge is 0.416 e. The van der Waals surface area contributed by atoms with E-state index in [2.05, 4.69) is 10.3 Å². The Morgan fingerprint density at radius 2 is 1.88 bits per heavy atom. The predicted molar refractivity (Wildman–Crippen MR) is 118 cm³/mol. The van der Waals surface area contributed by atoms with E-state index in [-0.39, 0.29) is 17.5 Å². The summed E-state index contributed by atoms with van der Waals surface area (Å²) in [5.74, 6) is 1.05. The number of nitrogens with two attached hydrogens (primary N) is 1. The maximum atomic E-state index is 13.1. The van der Waals surface area contributed by atoms with Crippen molar-refractivity contribution in [2.24, 2.45) is 5.73 Å². The average Bonchev–Trinajstić information content (AvgIpc) is 2.78. The van der Waals surface area contributed by atoms with Crippen LogP contribution in [-0.2, 0) is 6.18 Å². The fraction of sp³-hybridized carbons (Fsp3) is 0.348. The largest absolute Gasteiger partial charge is 0.493 e. The Hall–Kier alpha value is -3.20. The Labute approximate surface area is 184 Å². The molecule has 6 nitrogen and oxygen atoms in total. The van der Waals surface area contributed by atoms with Crippen molar-refractivity contribution in [3.63, 3.8) is 0 Å².